The molecule has 1 aromatic carbocycles. The van der Waals surface area contributed by atoms with Crippen LogP contribution in [0, 0.1) is 0 Å². The summed E-state index contributed by atoms with van der Waals surface area (Å²) in [6, 6.07) is 6.46. The van der Waals surface area contributed by atoms with Crippen molar-refractivity contribution < 1.29 is 8.42 Å². The van der Waals surface area contributed by atoms with Crippen LogP contribution in [0.1, 0.15) is 0 Å². The first kappa shape index (κ1) is 15.2. The summed E-state index contributed by atoms with van der Waals surface area (Å²) in [6.45, 7) is 2.20. The van der Waals surface area contributed by atoms with Crippen molar-refractivity contribution in [3.63, 3.8) is 0 Å². The van der Waals surface area contributed by atoms with Crippen molar-refractivity contribution in [2.45, 2.75) is 11.1 Å². The van der Waals surface area contributed by atoms with Gasteiger partial charge in [0.2, 0.25) is 10.0 Å². The van der Waals surface area contributed by atoms with Crippen LogP contribution in [0.25, 0.3) is 0 Å². The topological polar surface area (TPSA) is 73.8 Å². The zero-order valence-electron chi connectivity index (χ0n) is 11.0. The highest BCUT2D eigenvalue weighted by Crippen LogP contribution is 2.23. The number of sulfonamides is 1. The van der Waals surface area contributed by atoms with Gasteiger partial charge in [0.05, 0.1) is 17.0 Å². The van der Waals surface area contributed by atoms with Gasteiger partial charge in [0, 0.05) is 19.6 Å². The Morgan fingerprint density at radius 2 is 2.25 bits per heavy atom. The van der Waals surface area contributed by atoms with Crippen LogP contribution in [-0.4, -0.2) is 51.3 Å². The molecule has 1 aromatic rings. The molecule has 20 heavy (non-hydrogen) atoms. The van der Waals surface area contributed by atoms with Crippen molar-refractivity contribution >= 4 is 33.1 Å². The smallest absolute Gasteiger partial charge is 0.244 e. The molecule has 0 amide bonds. The summed E-state index contributed by atoms with van der Waals surface area (Å²) in [7, 11) is -1.77. The molecule has 1 fully saturated rings. The van der Waals surface area contributed by atoms with E-state index in [9.17, 15) is 8.42 Å². The SMILES string of the molecule is CN1CCNCC1NS(=O)(=O)c1ccccc1N=C=S. The Morgan fingerprint density at radius 3 is 2.95 bits per heavy atom. The predicted octanol–water partition coefficient (Wildman–Crippen LogP) is 0.560. The number of nitrogens with one attached hydrogen (secondary N) is 2. The third-order valence-corrected chi connectivity index (χ3v) is 4.72. The molecule has 8 heteroatoms. The summed E-state index contributed by atoms with van der Waals surface area (Å²) in [5.74, 6) is 0. The van der Waals surface area contributed by atoms with Gasteiger partial charge in [-0.3, -0.25) is 4.90 Å². The highest BCUT2D eigenvalue weighted by Gasteiger charge is 2.26. The van der Waals surface area contributed by atoms with Crippen LogP contribution in [0.3, 0.4) is 0 Å². The zero-order chi connectivity index (χ0) is 14.6. The number of para-hydroxylation sites is 1. The second-order valence-corrected chi connectivity index (χ2v) is 6.36. The average Bonchev–Trinajstić information content (AvgIpc) is 2.42. The first-order chi connectivity index (χ1) is 9.54. The van der Waals surface area contributed by atoms with E-state index in [1.54, 1.807) is 18.2 Å². The Bertz CT molecular complexity index is 626. The molecular weight excluding hydrogens is 296 g/mol. The van der Waals surface area contributed by atoms with Crippen molar-refractivity contribution in [3.05, 3.63) is 24.3 Å². The molecule has 0 radical (unpaired) electrons. The van der Waals surface area contributed by atoms with Gasteiger partial charge < -0.3 is 5.32 Å². The maximum atomic E-state index is 12.5. The zero-order valence-corrected chi connectivity index (χ0v) is 12.7. The lowest BCUT2D eigenvalue weighted by Crippen LogP contribution is -2.57. The maximum absolute atomic E-state index is 12.5. The van der Waals surface area contributed by atoms with Gasteiger partial charge in [-0.2, -0.15) is 9.71 Å². The van der Waals surface area contributed by atoms with Crippen LogP contribution in [0.4, 0.5) is 5.69 Å². The molecule has 0 aromatic heterocycles. The van der Waals surface area contributed by atoms with Gasteiger partial charge in [0.25, 0.3) is 0 Å². The van der Waals surface area contributed by atoms with Crippen LogP contribution in [0.5, 0.6) is 0 Å². The second kappa shape index (κ2) is 6.53. The van der Waals surface area contributed by atoms with Crippen molar-refractivity contribution in [2.24, 2.45) is 4.99 Å². The number of benzene rings is 1. The Hall–Kier alpha value is -1.15. The molecule has 1 atom stereocenters. The van der Waals surface area contributed by atoms with E-state index < -0.39 is 10.0 Å². The van der Waals surface area contributed by atoms with Crippen LogP contribution in [-0.2, 0) is 10.0 Å². The van der Waals surface area contributed by atoms with Crippen LogP contribution < -0.4 is 10.0 Å². The number of aliphatic imine (C=N–C) groups is 1. The highest BCUT2D eigenvalue weighted by molar-refractivity contribution is 7.89. The van der Waals surface area contributed by atoms with Crippen molar-refractivity contribution in [1.82, 2.24) is 14.9 Å². The standard InChI is InChI=1S/C12H16N4O2S2/c1-16-7-6-13-8-12(16)15-20(17,18)11-5-3-2-4-10(11)14-9-19/h2-5,12-13,15H,6-8H2,1H3. The summed E-state index contributed by atoms with van der Waals surface area (Å²) in [5.41, 5.74) is 0.293. The lowest BCUT2D eigenvalue weighted by molar-refractivity contribution is 0.189. The highest BCUT2D eigenvalue weighted by atomic mass is 32.2. The Kier molecular flexibility index (Phi) is 4.98. The number of piperazine rings is 1. The van der Waals surface area contributed by atoms with Gasteiger partial charge in [-0.15, -0.1) is 0 Å². The quantitative estimate of drug-likeness (QED) is 0.628. The third kappa shape index (κ3) is 3.49. The van der Waals surface area contributed by atoms with Crippen LogP contribution in [0.15, 0.2) is 34.2 Å². The van der Waals surface area contributed by atoms with E-state index in [1.165, 1.54) is 6.07 Å². The fraction of sp³-hybridized carbons (Fsp3) is 0.417. The van der Waals surface area contributed by atoms with Gasteiger partial charge >= 0.3 is 0 Å². The van der Waals surface area contributed by atoms with Crippen LogP contribution >= 0.6 is 12.2 Å². The fourth-order valence-corrected chi connectivity index (χ4v) is 3.50. The van der Waals surface area contributed by atoms with Gasteiger partial charge in [-0.1, -0.05) is 12.1 Å². The summed E-state index contributed by atoms with van der Waals surface area (Å²) in [4.78, 5) is 5.87. The van der Waals surface area contributed by atoms with Gasteiger partial charge in [0.1, 0.15) is 4.90 Å². The molecule has 1 heterocycles. The molecule has 1 aliphatic rings. The van der Waals surface area contributed by atoms with Crippen molar-refractivity contribution in [2.75, 3.05) is 26.7 Å². The number of thiocarbonyl (C=S) groups is 1. The molecule has 0 spiro atoms. The second-order valence-electron chi connectivity index (χ2n) is 4.49. The third-order valence-electron chi connectivity index (χ3n) is 3.12. The number of hydrogen-bond acceptors (Lipinski definition) is 6. The molecule has 1 unspecified atom stereocenters. The van der Waals surface area contributed by atoms with Gasteiger partial charge in [0.15, 0.2) is 0 Å². The van der Waals surface area contributed by atoms with E-state index in [1.807, 2.05) is 11.9 Å². The number of likely N-dealkylation sites (N-methyl/N-ethyl adjacent to an activating group) is 1. The van der Waals surface area contributed by atoms with E-state index in [0.29, 0.717) is 12.2 Å². The van der Waals surface area contributed by atoms with Crippen molar-refractivity contribution in [1.29, 1.82) is 0 Å². The minimum absolute atomic E-state index is 0.108. The minimum Gasteiger partial charge on any atom is -0.313 e. The average molecular weight is 312 g/mol. The molecule has 1 aliphatic heterocycles. The summed E-state index contributed by atoms with van der Waals surface area (Å²) in [6.07, 6.45) is -0.279. The largest absolute Gasteiger partial charge is 0.313 e. The summed E-state index contributed by atoms with van der Waals surface area (Å²) >= 11 is 4.55. The summed E-state index contributed by atoms with van der Waals surface area (Å²) < 4.78 is 27.6. The molecule has 108 valence electrons. The maximum Gasteiger partial charge on any atom is 0.244 e. The van der Waals surface area contributed by atoms with E-state index >= 15 is 0 Å². The Morgan fingerprint density at radius 1 is 1.50 bits per heavy atom. The van der Waals surface area contributed by atoms with E-state index in [-0.39, 0.29) is 11.1 Å². The van der Waals surface area contributed by atoms with E-state index in [4.69, 9.17) is 0 Å². The number of nitrogens with zero attached hydrogens (tertiary/aromatic N) is 2. The molecule has 6 nitrogen and oxygen atoms in total. The molecule has 0 saturated carbocycles. The molecule has 2 N–H and O–H groups in total. The minimum atomic E-state index is -3.66. The Balaban J connectivity index is 2.28. The fourth-order valence-electron chi connectivity index (χ4n) is 2.01. The Labute approximate surface area is 123 Å². The molecule has 1 saturated heterocycles. The van der Waals surface area contributed by atoms with Gasteiger partial charge in [-0.25, -0.2) is 8.42 Å². The molecular formula is C12H16N4O2S2. The van der Waals surface area contributed by atoms with E-state index in [0.717, 1.165) is 13.1 Å². The number of rotatable bonds is 4. The lowest BCUT2D eigenvalue weighted by atomic mass is 10.3. The van der Waals surface area contributed by atoms with Crippen molar-refractivity contribution in [3.8, 4) is 0 Å². The lowest BCUT2D eigenvalue weighted by Gasteiger charge is -2.33. The van der Waals surface area contributed by atoms with E-state index in [2.05, 4.69) is 32.4 Å². The normalized spacial score (nSPS) is 20.4. The number of isothiocyanates is 1. The molecule has 2 rings (SSSR count). The predicted molar refractivity (Wildman–Crippen MR) is 80.7 cm³/mol. The first-order valence-electron chi connectivity index (χ1n) is 6.15. The molecule has 0 aliphatic carbocycles. The number of hydrogen-bond donors (Lipinski definition) is 2. The molecule has 0 bridgehead atoms. The van der Waals surface area contributed by atoms with Gasteiger partial charge in [-0.05, 0) is 31.4 Å². The van der Waals surface area contributed by atoms with Crippen LogP contribution in [0.2, 0.25) is 0 Å². The monoisotopic (exact) mass is 312 g/mol. The summed E-state index contributed by atoms with van der Waals surface area (Å²) in [5, 5.41) is 5.36. The first-order valence-corrected chi connectivity index (χ1v) is 8.04.